The van der Waals surface area contributed by atoms with E-state index in [0.29, 0.717) is 41.3 Å². The number of rotatable bonds is 10. The molecule has 0 heterocycles. The minimum absolute atomic E-state index is 0.269. The maximum atomic E-state index is 13.5. The van der Waals surface area contributed by atoms with Gasteiger partial charge in [-0.3, -0.25) is 9.59 Å². The molecule has 4 rings (SSSR count). The number of carbonyl (C=O) groups is 2. The monoisotopic (exact) mass is 506 g/mol. The normalized spacial score (nSPS) is 10.9. The zero-order valence-corrected chi connectivity index (χ0v) is 21.4. The molecule has 38 heavy (non-hydrogen) atoms. The van der Waals surface area contributed by atoms with Crippen LogP contribution in [0.2, 0.25) is 0 Å². The number of para-hydroxylation sites is 1. The van der Waals surface area contributed by atoms with E-state index >= 15 is 0 Å². The number of nitrogens with one attached hydrogen (secondary N) is 2. The third-order valence-electron chi connectivity index (χ3n) is 6.01. The number of hydrogen-bond acceptors (Lipinski definition) is 4. The van der Waals surface area contributed by atoms with Crippen LogP contribution < -0.4 is 20.1 Å². The van der Waals surface area contributed by atoms with Crippen molar-refractivity contribution in [1.29, 1.82) is 0 Å². The van der Waals surface area contributed by atoms with Crippen molar-refractivity contribution in [2.24, 2.45) is 0 Å². The molecular weight excluding hydrogens is 476 g/mol. The van der Waals surface area contributed by atoms with Gasteiger partial charge >= 0.3 is 0 Å². The lowest BCUT2D eigenvalue weighted by atomic mass is 10.0. The number of amides is 2. The molecule has 2 N–H and O–H groups in total. The predicted molar refractivity (Wildman–Crippen MR) is 151 cm³/mol. The Morgan fingerprint density at radius 3 is 2.13 bits per heavy atom. The minimum atomic E-state index is -0.300. The fourth-order valence-corrected chi connectivity index (χ4v) is 4.05. The molecule has 0 saturated carbocycles. The maximum Gasteiger partial charge on any atom is 0.256 e. The van der Waals surface area contributed by atoms with Crippen molar-refractivity contribution in [1.82, 2.24) is 5.32 Å². The molecule has 0 saturated heterocycles. The molecular formula is C32H30N2O4. The molecule has 0 aliphatic heterocycles. The molecule has 0 radical (unpaired) electrons. The van der Waals surface area contributed by atoms with Crippen molar-refractivity contribution in [2.45, 2.75) is 6.42 Å². The van der Waals surface area contributed by atoms with Gasteiger partial charge in [-0.15, -0.1) is 0 Å². The highest BCUT2D eigenvalue weighted by atomic mass is 16.5. The van der Waals surface area contributed by atoms with Gasteiger partial charge in [-0.05, 0) is 53.5 Å². The van der Waals surface area contributed by atoms with Crippen LogP contribution in [0.4, 0.5) is 5.69 Å². The van der Waals surface area contributed by atoms with Crippen molar-refractivity contribution >= 4 is 29.2 Å². The van der Waals surface area contributed by atoms with Gasteiger partial charge in [0.1, 0.15) is 0 Å². The first-order valence-electron chi connectivity index (χ1n) is 12.3. The fourth-order valence-electron chi connectivity index (χ4n) is 4.05. The fraction of sp³-hybridized carbons (Fsp3) is 0.125. The van der Waals surface area contributed by atoms with Crippen molar-refractivity contribution in [2.75, 3.05) is 26.1 Å². The van der Waals surface area contributed by atoms with Gasteiger partial charge in [-0.25, -0.2) is 0 Å². The van der Waals surface area contributed by atoms with Crippen LogP contribution >= 0.6 is 0 Å². The Bertz CT molecular complexity index is 1420. The molecule has 6 heteroatoms. The molecule has 0 atom stereocenters. The van der Waals surface area contributed by atoms with Crippen LogP contribution in [0.3, 0.4) is 0 Å². The van der Waals surface area contributed by atoms with Crippen LogP contribution in [0.1, 0.15) is 27.0 Å². The Kier molecular flexibility index (Phi) is 8.92. The summed E-state index contributed by atoms with van der Waals surface area (Å²) in [5.41, 5.74) is 4.02. The summed E-state index contributed by atoms with van der Waals surface area (Å²) >= 11 is 0. The second-order valence-electron chi connectivity index (χ2n) is 8.53. The van der Waals surface area contributed by atoms with E-state index in [4.69, 9.17) is 9.47 Å². The van der Waals surface area contributed by atoms with Crippen LogP contribution in [-0.4, -0.2) is 32.6 Å². The van der Waals surface area contributed by atoms with E-state index in [9.17, 15) is 9.59 Å². The molecule has 0 aliphatic rings. The zero-order chi connectivity index (χ0) is 26.7. The van der Waals surface area contributed by atoms with E-state index in [0.717, 1.165) is 16.7 Å². The molecule has 0 aromatic heterocycles. The van der Waals surface area contributed by atoms with Gasteiger partial charge in [-0.2, -0.15) is 0 Å². The SMILES string of the molecule is COc1ccc(CCNC(=O)c2ccccc2NC(=O)/C(=C/c2ccccc2)c2ccccc2)cc1OC. The highest BCUT2D eigenvalue weighted by Crippen LogP contribution is 2.27. The molecule has 0 bridgehead atoms. The van der Waals surface area contributed by atoms with E-state index in [-0.39, 0.29) is 11.8 Å². The summed E-state index contributed by atoms with van der Waals surface area (Å²) in [7, 11) is 3.18. The van der Waals surface area contributed by atoms with Crippen LogP contribution in [-0.2, 0) is 11.2 Å². The first kappa shape index (κ1) is 26.2. The lowest BCUT2D eigenvalue weighted by molar-refractivity contribution is -0.111. The largest absolute Gasteiger partial charge is 0.493 e. The summed E-state index contributed by atoms with van der Waals surface area (Å²) in [5.74, 6) is 0.726. The average molecular weight is 507 g/mol. The quantitative estimate of drug-likeness (QED) is 0.209. The summed E-state index contributed by atoms with van der Waals surface area (Å²) in [5, 5.41) is 5.90. The summed E-state index contributed by atoms with van der Waals surface area (Å²) in [6.07, 6.45) is 2.45. The van der Waals surface area contributed by atoms with Gasteiger partial charge in [0.25, 0.3) is 11.8 Å². The van der Waals surface area contributed by atoms with Crippen LogP contribution in [0.25, 0.3) is 11.6 Å². The van der Waals surface area contributed by atoms with Crippen LogP contribution in [0.5, 0.6) is 11.5 Å². The van der Waals surface area contributed by atoms with Crippen molar-refractivity contribution in [3.8, 4) is 11.5 Å². The maximum absolute atomic E-state index is 13.5. The van der Waals surface area contributed by atoms with E-state index in [2.05, 4.69) is 10.6 Å². The number of carbonyl (C=O) groups excluding carboxylic acids is 2. The average Bonchev–Trinajstić information content (AvgIpc) is 2.97. The molecule has 6 nitrogen and oxygen atoms in total. The standard InChI is InChI=1S/C32H30N2O4/c1-37-29-18-17-24(22-30(29)38-2)19-20-33-31(35)26-15-9-10-16-28(26)34-32(36)27(25-13-7-4-8-14-25)21-23-11-5-3-6-12-23/h3-18,21-22H,19-20H2,1-2H3,(H,33,35)(H,34,36)/b27-21+. The van der Waals surface area contributed by atoms with Gasteiger partial charge in [0.15, 0.2) is 11.5 Å². The van der Waals surface area contributed by atoms with E-state index in [1.807, 2.05) is 84.9 Å². The minimum Gasteiger partial charge on any atom is -0.493 e. The number of hydrogen-bond donors (Lipinski definition) is 2. The van der Waals surface area contributed by atoms with Gasteiger partial charge in [0.05, 0.1) is 25.5 Å². The number of benzene rings is 4. The first-order valence-corrected chi connectivity index (χ1v) is 12.3. The predicted octanol–water partition coefficient (Wildman–Crippen LogP) is 5.86. The van der Waals surface area contributed by atoms with Gasteiger partial charge in [0, 0.05) is 12.1 Å². The van der Waals surface area contributed by atoms with Crippen molar-refractivity contribution in [3.63, 3.8) is 0 Å². The Morgan fingerprint density at radius 2 is 1.42 bits per heavy atom. The van der Waals surface area contributed by atoms with E-state index < -0.39 is 0 Å². The topological polar surface area (TPSA) is 76.7 Å². The van der Waals surface area contributed by atoms with Crippen LogP contribution in [0, 0.1) is 0 Å². The Labute approximate surface area is 222 Å². The third-order valence-corrected chi connectivity index (χ3v) is 6.01. The summed E-state index contributed by atoms with van der Waals surface area (Å²) in [6.45, 7) is 0.416. The summed E-state index contributed by atoms with van der Waals surface area (Å²) < 4.78 is 10.6. The van der Waals surface area contributed by atoms with Crippen LogP contribution in [0.15, 0.2) is 103 Å². The highest BCUT2D eigenvalue weighted by Gasteiger charge is 2.17. The Morgan fingerprint density at radius 1 is 0.763 bits per heavy atom. The first-order chi connectivity index (χ1) is 18.6. The van der Waals surface area contributed by atoms with E-state index in [1.165, 1.54) is 0 Å². The molecule has 4 aromatic rings. The van der Waals surface area contributed by atoms with Gasteiger partial charge in [-0.1, -0.05) is 78.9 Å². The molecule has 0 fully saturated rings. The molecule has 0 aliphatic carbocycles. The summed E-state index contributed by atoms with van der Waals surface area (Å²) in [6, 6.07) is 31.8. The van der Waals surface area contributed by atoms with Gasteiger partial charge < -0.3 is 20.1 Å². The van der Waals surface area contributed by atoms with Crippen molar-refractivity contribution in [3.05, 3.63) is 125 Å². The van der Waals surface area contributed by atoms with Gasteiger partial charge in [0.2, 0.25) is 0 Å². The number of anilines is 1. The Hall–Kier alpha value is -4.84. The Balaban J connectivity index is 1.48. The molecule has 4 aromatic carbocycles. The second kappa shape index (κ2) is 12.9. The zero-order valence-electron chi connectivity index (χ0n) is 21.4. The molecule has 2 amide bonds. The number of ether oxygens (including phenoxy) is 2. The lowest BCUT2D eigenvalue weighted by Crippen LogP contribution is -2.27. The number of methoxy groups -OCH3 is 2. The molecule has 0 unspecified atom stereocenters. The molecule has 0 spiro atoms. The van der Waals surface area contributed by atoms with E-state index in [1.54, 1.807) is 38.5 Å². The van der Waals surface area contributed by atoms with Crippen molar-refractivity contribution < 1.29 is 19.1 Å². The third kappa shape index (κ3) is 6.68. The second-order valence-corrected chi connectivity index (χ2v) is 8.53. The highest BCUT2D eigenvalue weighted by molar-refractivity contribution is 6.29. The summed E-state index contributed by atoms with van der Waals surface area (Å²) in [4.78, 5) is 26.5. The molecule has 192 valence electrons. The smallest absolute Gasteiger partial charge is 0.256 e. The lowest BCUT2D eigenvalue weighted by Gasteiger charge is -2.14.